The normalized spacial score (nSPS) is 13.8. The van der Waals surface area contributed by atoms with Crippen molar-refractivity contribution < 1.29 is 14.7 Å². The van der Waals surface area contributed by atoms with E-state index in [1.54, 1.807) is 11.8 Å². The van der Waals surface area contributed by atoms with E-state index >= 15 is 0 Å². The molecule has 0 aliphatic carbocycles. The van der Waals surface area contributed by atoms with Gasteiger partial charge < -0.3 is 15.7 Å². The monoisotopic (exact) mass is 262 g/mol. The average Bonchev–Trinajstić information content (AvgIpc) is 2.23. The van der Waals surface area contributed by atoms with Gasteiger partial charge in [-0.05, 0) is 19.6 Å². The summed E-state index contributed by atoms with van der Waals surface area (Å²) in [5, 5.41) is 14.3. The molecule has 3 N–H and O–H groups in total. The fourth-order valence-electron chi connectivity index (χ4n) is 1.44. The molecule has 6 heteroatoms. The molecule has 17 heavy (non-hydrogen) atoms. The van der Waals surface area contributed by atoms with Crippen molar-refractivity contribution in [1.29, 1.82) is 0 Å². The number of hydrogen-bond donors (Lipinski definition) is 3. The predicted molar refractivity (Wildman–Crippen MR) is 70.4 cm³/mol. The number of rotatable bonds is 8. The Morgan fingerprint density at radius 3 is 2.53 bits per heavy atom. The van der Waals surface area contributed by atoms with E-state index in [-0.39, 0.29) is 18.6 Å². The lowest BCUT2D eigenvalue weighted by Crippen LogP contribution is -2.44. The molecular formula is C11H22N2O3S. The van der Waals surface area contributed by atoms with Gasteiger partial charge >= 0.3 is 12.0 Å². The summed E-state index contributed by atoms with van der Waals surface area (Å²) in [6.45, 7) is 4.02. The van der Waals surface area contributed by atoms with Gasteiger partial charge in [-0.15, -0.1) is 0 Å². The average molecular weight is 262 g/mol. The first-order valence-electron chi connectivity index (χ1n) is 5.77. The summed E-state index contributed by atoms with van der Waals surface area (Å²) in [7, 11) is 0. The maximum atomic E-state index is 11.4. The molecule has 0 aliphatic rings. The fraction of sp³-hybridized carbons (Fsp3) is 0.818. The van der Waals surface area contributed by atoms with Crippen molar-refractivity contribution in [3.63, 3.8) is 0 Å². The van der Waals surface area contributed by atoms with Gasteiger partial charge in [0, 0.05) is 18.3 Å². The Balaban J connectivity index is 3.91. The Kier molecular flexibility index (Phi) is 8.66. The molecule has 0 spiro atoms. The van der Waals surface area contributed by atoms with Gasteiger partial charge in [-0.2, -0.15) is 11.8 Å². The zero-order valence-corrected chi connectivity index (χ0v) is 11.5. The maximum absolute atomic E-state index is 11.4. The first kappa shape index (κ1) is 16.1. The van der Waals surface area contributed by atoms with Crippen LogP contribution in [0.5, 0.6) is 0 Å². The number of aliphatic carboxylic acids is 1. The van der Waals surface area contributed by atoms with Gasteiger partial charge in [0.05, 0.1) is 5.92 Å². The summed E-state index contributed by atoms with van der Waals surface area (Å²) in [4.78, 5) is 22.3. The molecule has 2 atom stereocenters. The highest BCUT2D eigenvalue weighted by Crippen LogP contribution is 2.04. The van der Waals surface area contributed by atoms with Gasteiger partial charge in [0.25, 0.3) is 0 Å². The first-order chi connectivity index (χ1) is 8.01. The largest absolute Gasteiger partial charge is 0.481 e. The van der Waals surface area contributed by atoms with Crippen LogP contribution in [0.2, 0.25) is 0 Å². The summed E-state index contributed by atoms with van der Waals surface area (Å²) in [6, 6.07) is -0.214. The Morgan fingerprint density at radius 1 is 1.41 bits per heavy atom. The number of thioether (sulfide) groups is 1. The van der Waals surface area contributed by atoms with Gasteiger partial charge in [-0.3, -0.25) is 4.79 Å². The van der Waals surface area contributed by atoms with E-state index in [0.29, 0.717) is 6.42 Å². The van der Waals surface area contributed by atoms with Crippen LogP contribution in [0.4, 0.5) is 4.79 Å². The smallest absolute Gasteiger partial charge is 0.315 e. The van der Waals surface area contributed by atoms with Crippen LogP contribution in [0, 0.1) is 5.92 Å². The molecule has 0 aromatic carbocycles. The lowest BCUT2D eigenvalue weighted by atomic mass is 10.0. The quantitative estimate of drug-likeness (QED) is 0.620. The lowest BCUT2D eigenvalue weighted by Gasteiger charge is -2.16. The van der Waals surface area contributed by atoms with Crippen LogP contribution in [-0.4, -0.2) is 41.7 Å². The molecule has 0 fully saturated rings. The highest BCUT2D eigenvalue weighted by molar-refractivity contribution is 7.98. The van der Waals surface area contributed by atoms with Crippen molar-refractivity contribution >= 4 is 23.8 Å². The molecule has 0 bridgehead atoms. The van der Waals surface area contributed by atoms with Crippen molar-refractivity contribution in [3.8, 4) is 0 Å². The van der Waals surface area contributed by atoms with E-state index in [1.807, 2.05) is 20.1 Å². The van der Waals surface area contributed by atoms with Crippen LogP contribution < -0.4 is 10.6 Å². The molecule has 0 heterocycles. The molecular weight excluding hydrogens is 240 g/mol. The number of amides is 2. The van der Waals surface area contributed by atoms with E-state index < -0.39 is 11.9 Å². The molecule has 0 radical (unpaired) electrons. The Morgan fingerprint density at radius 2 is 2.06 bits per heavy atom. The first-order valence-corrected chi connectivity index (χ1v) is 7.16. The van der Waals surface area contributed by atoms with Gasteiger partial charge in [0.2, 0.25) is 0 Å². The third-order valence-corrected chi connectivity index (χ3v) is 3.12. The highest BCUT2D eigenvalue weighted by atomic mass is 32.2. The summed E-state index contributed by atoms with van der Waals surface area (Å²) in [5.41, 5.74) is 0. The molecule has 0 saturated heterocycles. The second kappa shape index (κ2) is 9.15. The predicted octanol–water partition coefficient (Wildman–Crippen LogP) is 1.54. The fourth-order valence-corrected chi connectivity index (χ4v) is 2.03. The van der Waals surface area contributed by atoms with Crippen LogP contribution in [0.15, 0.2) is 0 Å². The van der Waals surface area contributed by atoms with E-state index in [0.717, 1.165) is 12.2 Å². The summed E-state index contributed by atoms with van der Waals surface area (Å²) >= 11 is 1.65. The van der Waals surface area contributed by atoms with Gasteiger partial charge in [0.15, 0.2) is 0 Å². The Bertz CT molecular complexity index is 249. The SMILES string of the molecule is CCCC(CNC(=O)NC(C)CSC)C(=O)O. The van der Waals surface area contributed by atoms with Gasteiger partial charge in [-0.25, -0.2) is 4.79 Å². The third-order valence-electron chi connectivity index (χ3n) is 2.29. The van der Waals surface area contributed by atoms with Crippen LogP contribution >= 0.6 is 11.8 Å². The molecule has 2 amide bonds. The molecule has 0 saturated carbocycles. The van der Waals surface area contributed by atoms with Crippen LogP contribution in [0.3, 0.4) is 0 Å². The van der Waals surface area contributed by atoms with E-state index in [1.165, 1.54) is 0 Å². The lowest BCUT2D eigenvalue weighted by molar-refractivity contribution is -0.141. The van der Waals surface area contributed by atoms with E-state index in [9.17, 15) is 9.59 Å². The molecule has 0 aromatic rings. The van der Waals surface area contributed by atoms with Crippen molar-refractivity contribution in [3.05, 3.63) is 0 Å². The highest BCUT2D eigenvalue weighted by Gasteiger charge is 2.17. The summed E-state index contributed by atoms with van der Waals surface area (Å²) in [5.74, 6) is -0.518. The second-order valence-electron chi connectivity index (χ2n) is 4.03. The molecule has 100 valence electrons. The van der Waals surface area contributed by atoms with E-state index in [2.05, 4.69) is 10.6 Å². The third kappa shape index (κ3) is 7.90. The minimum atomic E-state index is -0.857. The number of nitrogens with one attached hydrogen (secondary N) is 2. The number of hydrogen-bond acceptors (Lipinski definition) is 3. The molecule has 0 rings (SSSR count). The minimum Gasteiger partial charge on any atom is -0.481 e. The molecule has 0 aliphatic heterocycles. The van der Waals surface area contributed by atoms with Gasteiger partial charge in [-0.1, -0.05) is 13.3 Å². The zero-order chi connectivity index (χ0) is 13.3. The summed E-state index contributed by atoms with van der Waals surface area (Å²) < 4.78 is 0. The number of urea groups is 1. The van der Waals surface area contributed by atoms with Crippen LogP contribution in [0.25, 0.3) is 0 Å². The minimum absolute atomic E-state index is 0.0828. The van der Waals surface area contributed by atoms with Crippen molar-refractivity contribution in [2.24, 2.45) is 5.92 Å². The van der Waals surface area contributed by atoms with Crippen molar-refractivity contribution in [1.82, 2.24) is 10.6 Å². The Hall–Kier alpha value is -0.910. The zero-order valence-electron chi connectivity index (χ0n) is 10.7. The maximum Gasteiger partial charge on any atom is 0.315 e. The molecule has 0 aromatic heterocycles. The van der Waals surface area contributed by atoms with Crippen molar-refractivity contribution in [2.45, 2.75) is 32.7 Å². The van der Waals surface area contributed by atoms with E-state index in [4.69, 9.17) is 5.11 Å². The number of carboxylic acid groups (broad SMARTS) is 1. The van der Waals surface area contributed by atoms with Crippen LogP contribution in [-0.2, 0) is 4.79 Å². The Labute approximate surface area is 107 Å². The van der Waals surface area contributed by atoms with Crippen LogP contribution in [0.1, 0.15) is 26.7 Å². The topological polar surface area (TPSA) is 78.4 Å². The second-order valence-corrected chi connectivity index (χ2v) is 4.95. The number of carbonyl (C=O) groups excluding carboxylic acids is 1. The summed E-state index contributed by atoms with van der Waals surface area (Å²) in [6.07, 6.45) is 3.34. The molecule has 2 unspecified atom stereocenters. The number of carboxylic acids is 1. The number of carbonyl (C=O) groups is 2. The van der Waals surface area contributed by atoms with Crippen molar-refractivity contribution in [2.75, 3.05) is 18.6 Å². The standard InChI is InChI=1S/C11H22N2O3S/c1-4-5-9(10(14)15)6-12-11(16)13-8(2)7-17-3/h8-9H,4-7H2,1-3H3,(H,14,15)(H2,12,13,16). The molecule has 5 nitrogen and oxygen atoms in total. The van der Waals surface area contributed by atoms with Gasteiger partial charge in [0.1, 0.15) is 0 Å².